The fraction of sp³-hybridized carbons (Fsp3) is 0.571. The van der Waals surface area contributed by atoms with Crippen molar-refractivity contribution in [3.8, 4) is 0 Å². The van der Waals surface area contributed by atoms with Crippen LogP contribution >= 0.6 is 15.9 Å². The van der Waals surface area contributed by atoms with Crippen molar-refractivity contribution >= 4 is 15.9 Å². The topological polar surface area (TPSA) is 32.3 Å². The molecule has 2 nitrogen and oxygen atoms in total. The van der Waals surface area contributed by atoms with E-state index in [9.17, 15) is 5.11 Å². The minimum Gasteiger partial charge on any atom is -0.396 e. The van der Waals surface area contributed by atoms with Gasteiger partial charge in [-0.25, -0.2) is 0 Å². The van der Waals surface area contributed by atoms with E-state index in [-0.39, 0.29) is 18.1 Å². The lowest BCUT2D eigenvalue weighted by Gasteiger charge is -2.28. The highest BCUT2D eigenvalue weighted by Gasteiger charge is 2.21. The predicted octanol–water partition coefficient (Wildman–Crippen LogP) is 3.51. The van der Waals surface area contributed by atoms with Crippen molar-refractivity contribution in [3.05, 3.63) is 34.3 Å². The van der Waals surface area contributed by atoms with Crippen molar-refractivity contribution in [2.45, 2.75) is 33.2 Å². The van der Waals surface area contributed by atoms with Gasteiger partial charge >= 0.3 is 0 Å². The van der Waals surface area contributed by atoms with E-state index in [1.165, 1.54) is 5.56 Å². The lowest BCUT2D eigenvalue weighted by molar-refractivity contribution is 0.132. The predicted molar refractivity (Wildman–Crippen MR) is 76.0 cm³/mol. The van der Waals surface area contributed by atoms with Crippen LogP contribution in [-0.4, -0.2) is 18.3 Å². The van der Waals surface area contributed by atoms with E-state index in [2.05, 4.69) is 54.2 Å². The molecule has 0 bridgehead atoms. The number of aliphatic hydroxyl groups excluding tert-OH is 1. The summed E-state index contributed by atoms with van der Waals surface area (Å²) in [5.41, 5.74) is 1.22. The quantitative estimate of drug-likeness (QED) is 0.842. The standard InChI is InChI=1S/C14H22BrNO/c1-4-14(3,10-17)9-16-11(2)12-7-5-6-8-13(12)15/h5-8,11,16-17H,4,9-10H2,1-3H3/t11-,14?/m0/s1. The maximum Gasteiger partial charge on any atom is 0.0496 e. The maximum atomic E-state index is 9.37. The second-order valence-electron chi connectivity index (χ2n) is 4.95. The number of benzene rings is 1. The summed E-state index contributed by atoms with van der Waals surface area (Å²) in [5, 5.41) is 12.9. The van der Waals surface area contributed by atoms with Crippen molar-refractivity contribution < 1.29 is 5.11 Å². The highest BCUT2D eigenvalue weighted by atomic mass is 79.9. The fourth-order valence-corrected chi connectivity index (χ4v) is 2.26. The van der Waals surface area contributed by atoms with Crippen LogP contribution < -0.4 is 5.32 Å². The number of aliphatic hydroxyl groups is 1. The molecule has 2 N–H and O–H groups in total. The Morgan fingerprint density at radius 1 is 1.41 bits per heavy atom. The molecule has 0 radical (unpaired) electrons. The van der Waals surface area contributed by atoms with Crippen LogP contribution in [0.4, 0.5) is 0 Å². The zero-order valence-corrected chi connectivity index (χ0v) is 12.4. The van der Waals surface area contributed by atoms with Gasteiger partial charge in [-0.1, -0.05) is 48.0 Å². The van der Waals surface area contributed by atoms with Gasteiger partial charge in [-0.15, -0.1) is 0 Å². The average molecular weight is 300 g/mol. The summed E-state index contributed by atoms with van der Waals surface area (Å²) in [6.07, 6.45) is 0.971. The number of hydrogen-bond donors (Lipinski definition) is 2. The van der Waals surface area contributed by atoms with Crippen molar-refractivity contribution in [1.29, 1.82) is 0 Å². The number of rotatable bonds is 6. The van der Waals surface area contributed by atoms with Gasteiger partial charge in [-0.3, -0.25) is 0 Å². The summed E-state index contributed by atoms with van der Waals surface area (Å²) < 4.78 is 1.13. The molecule has 0 heterocycles. The van der Waals surface area contributed by atoms with Crippen LogP contribution in [0.3, 0.4) is 0 Å². The molecule has 96 valence electrons. The molecule has 0 aliphatic rings. The summed E-state index contributed by atoms with van der Waals surface area (Å²) in [6.45, 7) is 7.41. The second kappa shape index (κ2) is 6.53. The Labute approximate surface area is 113 Å². The number of hydrogen-bond acceptors (Lipinski definition) is 2. The largest absolute Gasteiger partial charge is 0.396 e. The lowest BCUT2D eigenvalue weighted by atomic mass is 9.88. The number of halogens is 1. The molecule has 17 heavy (non-hydrogen) atoms. The van der Waals surface area contributed by atoms with E-state index in [0.29, 0.717) is 0 Å². The smallest absolute Gasteiger partial charge is 0.0496 e. The van der Waals surface area contributed by atoms with E-state index in [1.807, 2.05) is 12.1 Å². The van der Waals surface area contributed by atoms with E-state index < -0.39 is 0 Å². The highest BCUT2D eigenvalue weighted by molar-refractivity contribution is 9.10. The molecule has 0 spiro atoms. The van der Waals surface area contributed by atoms with Crippen molar-refractivity contribution in [3.63, 3.8) is 0 Å². The van der Waals surface area contributed by atoms with Gasteiger partial charge in [0.2, 0.25) is 0 Å². The molecular weight excluding hydrogens is 278 g/mol. The molecule has 0 saturated heterocycles. The van der Waals surface area contributed by atoms with Gasteiger partial charge in [-0.05, 0) is 25.0 Å². The van der Waals surface area contributed by atoms with E-state index in [1.54, 1.807) is 0 Å². The third kappa shape index (κ3) is 4.09. The van der Waals surface area contributed by atoms with Crippen molar-refractivity contribution in [2.75, 3.05) is 13.2 Å². The zero-order chi connectivity index (χ0) is 12.9. The molecule has 1 aromatic rings. The monoisotopic (exact) mass is 299 g/mol. The summed E-state index contributed by atoms with van der Waals surface area (Å²) in [4.78, 5) is 0. The maximum absolute atomic E-state index is 9.37. The van der Waals surface area contributed by atoms with Gasteiger partial charge in [0.15, 0.2) is 0 Å². The van der Waals surface area contributed by atoms with Crippen molar-refractivity contribution in [2.24, 2.45) is 5.41 Å². The van der Waals surface area contributed by atoms with Crippen molar-refractivity contribution in [1.82, 2.24) is 5.32 Å². The Balaban J connectivity index is 2.62. The molecule has 2 atom stereocenters. The molecule has 0 aliphatic carbocycles. The third-order valence-electron chi connectivity index (χ3n) is 3.44. The van der Waals surface area contributed by atoms with E-state index in [0.717, 1.165) is 17.4 Å². The molecule has 0 amide bonds. The Kier molecular flexibility index (Phi) is 5.63. The van der Waals surface area contributed by atoms with Gasteiger partial charge in [-0.2, -0.15) is 0 Å². The van der Waals surface area contributed by atoms with Crippen LogP contribution in [0.5, 0.6) is 0 Å². The first-order valence-corrected chi connectivity index (χ1v) is 6.90. The van der Waals surface area contributed by atoms with Crippen LogP contribution in [-0.2, 0) is 0 Å². The van der Waals surface area contributed by atoms with Gasteiger partial charge in [0.25, 0.3) is 0 Å². The minimum atomic E-state index is -0.0322. The summed E-state index contributed by atoms with van der Waals surface area (Å²) in [5.74, 6) is 0. The van der Waals surface area contributed by atoms with Gasteiger partial charge < -0.3 is 10.4 Å². The summed E-state index contributed by atoms with van der Waals surface area (Å²) in [6, 6.07) is 8.51. The molecular formula is C14H22BrNO. The molecule has 3 heteroatoms. The second-order valence-corrected chi connectivity index (χ2v) is 5.80. The van der Waals surface area contributed by atoms with E-state index >= 15 is 0 Å². The molecule has 1 aromatic carbocycles. The Morgan fingerprint density at radius 2 is 2.06 bits per heavy atom. The first kappa shape index (κ1) is 14.7. The Hall–Kier alpha value is -0.380. The molecule has 0 aromatic heterocycles. The Morgan fingerprint density at radius 3 is 2.59 bits per heavy atom. The molecule has 0 aliphatic heterocycles. The summed E-state index contributed by atoms with van der Waals surface area (Å²) in [7, 11) is 0. The molecule has 1 unspecified atom stereocenters. The lowest BCUT2D eigenvalue weighted by Crippen LogP contribution is -2.35. The molecule has 1 rings (SSSR count). The normalized spacial score (nSPS) is 16.5. The van der Waals surface area contributed by atoms with Gasteiger partial charge in [0, 0.05) is 29.1 Å². The SMILES string of the molecule is CCC(C)(CO)CN[C@@H](C)c1ccccc1Br. The molecule has 0 saturated carbocycles. The highest BCUT2D eigenvalue weighted by Crippen LogP contribution is 2.25. The molecule has 0 fully saturated rings. The van der Waals surface area contributed by atoms with Crippen LogP contribution in [0.2, 0.25) is 0 Å². The zero-order valence-electron chi connectivity index (χ0n) is 10.8. The van der Waals surface area contributed by atoms with Crippen LogP contribution in [0.15, 0.2) is 28.7 Å². The summed E-state index contributed by atoms with van der Waals surface area (Å²) >= 11 is 3.56. The fourth-order valence-electron chi connectivity index (χ4n) is 1.63. The number of nitrogens with one attached hydrogen (secondary N) is 1. The van der Waals surface area contributed by atoms with Crippen LogP contribution in [0.1, 0.15) is 38.8 Å². The van der Waals surface area contributed by atoms with Gasteiger partial charge in [0.05, 0.1) is 0 Å². The van der Waals surface area contributed by atoms with Gasteiger partial charge in [0.1, 0.15) is 0 Å². The third-order valence-corrected chi connectivity index (χ3v) is 4.16. The van der Waals surface area contributed by atoms with Crippen LogP contribution in [0.25, 0.3) is 0 Å². The minimum absolute atomic E-state index is 0.0322. The van der Waals surface area contributed by atoms with Crippen LogP contribution in [0, 0.1) is 5.41 Å². The van der Waals surface area contributed by atoms with E-state index in [4.69, 9.17) is 0 Å². The first-order chi connectivity index (χ1) is 8.02. The average Bonchev–Trinajstić information content (AvgIpc) is 2.36. The Bertz CT molecular complexity index is 350. The first-order valence-electron chi connectivity index (χ1n) is 6.11.